The van der Waals surface area contributed by atoms with Crippen molar-refractivity contribution in [2.75, 3.05) is 27.3 Å². The van der Waals surface area contributed by atoms with Gasteiger partial charge in [-0.15, -0.1) is 0 Å². The molecule has 21 heavy (non-hydrogen) atoms. The zero-order valence-corrected chi connectivity index (χ0v) is 13.7. The fourth-order valence-corrected chi connectivity index (χ4v) is 3.43. The Morgan fingerprint density at radius 3 is 2.48 bits per heavy atom. The Labute approximate surface area is 129 Å². The van der Waals surface area contributed by atoms with E-state index in [2.05, 4.69) is 24.4 Å². The molecule has 0 amide bonds. The number of methoxy groups -OCH3 is 2. The number of benzene rings is 1. The monoisotopic (exact) mass is 291 g/mol. The lowest BCUT2D eigenvalue weighted by Crippen LogP contribution is -2.26. The van der Waals surface area contributed by atoms with E-state index in [4.69, 9.17) is 9.47 Å². The molecular weight excluding hydrogens is 262 g/mol. The summed E-state index contributed by atoms with van der Waals surface area (Å²) in [4.78, 5) is 0. The van der Waals surface area contributed by atoms with Crippen LogP contribution in [0.3, 0.4) is 0 Å². The van der Waals surface area contributed by atoms with E-state index in [9.17, 15) is 0 Å². The van der Waals surface area contributed by atoms with Crippen molar-refractivity contribution in [3.63, 3.8) is 0 Å². The Morgan fingerprint density at radius 2 is 1.86 bits per heavy atom. The van der Waals surface area contributed by atoms with E-state index < -0.39 is 0 Å². The van der Waals surface area contributed by atoms with Gasteiger partial charge < -0.3 is 14.8 Å². The van der Waals surface area contributed by atoms with Crippen LogP contribution in [-0.2, 0) is 0 Å². The van der Waals surface area contributed by atoms with Gasteiger partial charge in [0, 0.05) is 6.54 Å². The molecule has 0 aromatic heterocycles. The summed E-state index contributed by atoms with van der Waals surface area (Å²) in [6.07, 6.45) is 6.65. The molecule has 118 valence electrons. The minimum atomic E-state index is 0.582. The van der Waals surface area contributed by atoms with Gasteiger partial charge in [-0.25, -0.2) is 0 Å². The maximum atomic E-state index is 5.47. The van der Waals surface area contributed by atoms with Crippen LogP contribution in [0.5, 0.6) is 11.5 Å². The lowest BCUT2D eigenvalue weighted by Gasteiger charge is -2.25. The lowest BCUT2D eigenvalue weighted by atomic mass is 9.84. The van der Waals surface area contributed by atoms with Crippen LogP contribution in [0.15, 0.2) is 18.2 Å². The molecule has 0 heterocycles. The Bertz CT molecular complexity index is 427. The molecule has 0 spiro atoms. The molecule has 1 N–H and O–H groups in total. The van der Waals surface area contributed by atoms with E-state index in [1.54, 1.807) is 14.2 Å². The van der Waals surface area contributed by atoms with Gasteiger partial charge in [0.25, 0.3) is 0 Å². The molecule has 3 nitrogen and oxygen atoms in total. The number of rotatable bonds is 8. The Morgan fingerprint density at radius 1 is 1.14 bits per heavy atom. The minimum absolute atomic E-state index is 0.582. The quantitative estimate of drug-likeness (QED) is 0.735. The first-order valence-corrected chi connectivity index (χ1v) is 8.22. The molecule has 0 saturated heterocycles. The van der Waals surface area contributed by atoms with Crippen LogP contribution in [0.2, 0.25) is 0 Å². The third kappa shape index (κ3) is 4.13. The van der Waals surface area contributed by atoms with Gasteiger partial charge in [0.15, 0.2) is 11.5 Å². The van der Waals surface area contributed by atoms with Gasteiger partial charge in [-0.3, -0.25) is 0 Å². The van der Waals surface area contributed by atoms with Crippen molar-refractivity contribution in [3.8, 4) is 11.5 Å². The predicted molar refractivity (Wildman–Crippen MR) is 87.4 cm³/mol. The topological polar surface area (TPSA) is 30.5 Å². The molecular formula is C18H29NO2. The zero-order valence-electron chi connectivity index (χ0n) is 13.7. The number of ether oxygens (including phenoxy) is 2. The van der Waals surface area contributed by atoms with Crippen molar-refractivity contribution >= 4 is 0 Å². The highest BCUT2D eigenvalue weighted by Gasteiger charge is 2.26. The average Bonchev–Trinajstić information content (AvgIpc) is 3.05. The Hall–Kier alpha value is -1.22. The molecule has 1 aromatic rings. The third-order valence-electron chi connectivity index (χ3n) is 4.60. The second-order valence-corrected chi connectivity index (χ2v) is 5.97. The molecule has 1 aliphatic rings. The molecule has 2 rings (SSSR count). The lowest BCUT2D eigenvalue weighted by molar-refractivity contribution is 0.352. The number of hydrogen-bond acceptors (Lipinski definition) is 3. The van der Waals surface area contributed by atoms with Gasteiger partial charge in [0.2, 0.25) is 0 Å². The fraction of sp³-hybridized carbons (Fsp3) is 0.667. The SMILES string of the molecule is CCCNCC(c1ccc(OC)c(OC)c1)C1CCCC1. The van der Waals surface area contributed by atoms with E-state index >= 15 is 0 Å². The summed E-state index contributed by atoms with van der Waals surface area (Å²) in [6.45, 7) is 4.37. The summed E-state index contributed by atoms with van der Waals surface area (Å²) < 4.78 is 10.8. The second-order valence-electron chi connectivity index (χ2n) is 5.97. The summed E-state index contributed by atoms with van der Waals surface area (Å²) in [5.41, 5.74) is 1.38. The summed E-state index contributed by atoms with van der Waals surface area (Å²) in [5.74, 6) is 3.03. The molecule has 1 aliphatic carbocycles. The summed E-state index contributed by atoms with van der Waals surface area (Å²) in [7, 11) is 3.40. The third-order valence-corrected chi connectivity index (χ3v) is 4.60. The number of nitrogens with one attached hydrogen (secondary N) is 1. The van der Waals surface area contributed by atoms with Crippen molar-refractivity contribution in [1.29, 1.82) is 0 Å². The summed E-state index contributed by atoms with van der Waals surface area (Å²) in [6, 6.07) is 6.41. The van der Waals surface area contributed by atoms with Crippen LogP contribution >= 0.6 is 0 Å². The van der Waals surface area contributed by atoms with E-state index in [1.807, 2.05) is 6.07 Å². The normalized spacial score (nSPS) is 16.9. The van der Waals surface area contributed by atoms with Gasteiger partial charge in [-0.2, -0.15) is 0 Å². The maximum absolute atomic E-state index is 5.47. The summed E-state index contributed by atoms with van der Waals surface area (Å²) >= 11 is 0. The van der Waals surface area contributed by atoms with Crippen LogP contribution in [0.25, 0.3) is 0 Å². The van der Waals surface area contributed by atoms with Crippen LogP contribution in [0, 0.1) is 5.92 Å². The molecule has 1 unspecified atom stereocenters. The van der Waals surface area contributed by atoms with Gasteiger partial charge in [0.1, 0.15) is 0 Å². The Balaban J connectivity index is 2.18. The van der Waals surface area contributed by atoms with Gasteiger partial charge >= 0.3 is 0 Å². The molecule has 0 radical (unpaired) electrons. The first-order valence-electron chi connectivity index (χ1n) is 8.22. The first-order chi connectivity index (χ1) is 10.3. The zero-order chi connectivity index (χ0) is 15.1. The highest BCUT2D eigenvalue weighted by Crippen LogP contribution is 2.39. The van der Waals surface area contributed by atoms with Crippen molar-refractivity contribution in [2.24, 2.45) is 5.92 Å². The van der Waals surface area contributed by atoms with Crippen LogP contribution in [0.1, 0.15) is 50.5 Å². The van der Waals surface area contributed by atoms with Crippen LogP contribution < -0.4 is 14.8 Å². The second kappa shape index (κ2) is 8.28. The predicted octanol–water partition coefficient (Wildman–Crippen LogP) is 3.98. The highest BCUT2D eigenvalue weighted by atomic mass is 16.5. The molecule has 1 fully saturated rings. The van der Waals surface area contributed by atoms with Crippen molar-refractivity contribution in [3.05, 3.63) is 23.8 Å². The highest BCUT2D eigenvalue weighted by molar-refractivity contribution is 5.44. The first kappa shape index (κ1) is 16.2. The van der Waals surface area contributed by atoms with E-state index in [0.717, 1.165) is 30.5 Å². The van der Waals surface area contributed by atoms with Crippen LogP contribution in [0.4, 0.5) is 0 Å². The fourth-order valence-electron chi connectivity index (χ4n) is 3.43. The van der Waals surface area contributed by atoms with E-state index in [1.165, 1.54) is 37.7 Å². The van der Waals surface area contributed by atoms with Gasteiger partial charge in [-0.05, 0) is 55.3 Å². The van der Waals surface area contributed by atoms with Crippen molar-refractivity contribution < 1.29 is 9.47 Å². The summed E-state index contributed by atoms with van der Waals surface area (Å²) in [5, 5.41) is 3.60. The number of hydrogen-bond donors (Lipinski definition) is 1. The van der Waals surface area contributed by atoms with Crippen molar-refractivity contribution in [1.82, 2.24) is 5.32 Å². The van der Waals surface area contributed by atoms with Crippen LogP contribution in [-0.4, -0.2) is 27.3 Å². The van der Waals surface area contributed by atoms with E-state index in [-0.39, 0.29) is 0 Å². The van der Waals surface area contributed by atoms with Gasteiger partial charge in [0.05, 0.1) is 14.2 Å². The molecule has 1 saturated carbocycles. The molecule has 0 bridgehead atoms. The molecule has 1 atom stereocenters. The standard InChI is InChI=1S/C18H29NO2/c1-4-11-19-13-16(14-7-5-6-8-14)15-9-10-17(20-2)18(12-15)21-3/h9-10,12,14,16,19H,4-8,11,13H2,1-3H3. The molecule has 0 aliphatic heterocycles. The average molecular weight is 291 g/mol. The smallest absolute Gasteiger partial charge is 0.160 e. The maximum Gasteiger partial charge on any atom is 0.160 e. The van der Waals surface area contributed by atoms with Crippen molar-refractivity contribution in [2.45, 2.75) is 44.9 Å². The van der Waals surface area contributed by atoms with E-state index in [0.29, 0.717) is 5.92 Å². The Kier molecular flexibility index (Phi) is 6.37. The van der Waals surface area contributed by atoms with Gasteiger partial charge in [-0.1, -0.05) is 25.8 Å². The minimum Gasteiger partial charge on any atom is -0.493 e. The largest absolute Gasteiger partial charge is 0.493 e. The molecule has 3 heteroatoms. The molecule has 1 aromatic carbocycles.